The SMILES string of the molecule is Cc1c(Cl)c(C(F)(F)F)nn1C(CCO)C(=O)Nc1cnn(-c2ccc(F)cc2)c1. The van der Waals surface area contributed by atoms with Gasteiger partial charge in [-0.3, -0.25) is 9.48 Å². The summed E-state index contributed by atoms with van der Waals surface area (Å²) in [6, 6.07) is 4.22. The van der Waals surface area contributed by atoms with Crippen LogP contribution in [-0.2, 0) is 11.0 Å². The first-order valence-electron chi connectivity index (χ1n) is 8.66. The van der Waals surface area contributed by atoms with E-state index in [2.05, 4.69) is 15.5 Å². The second-order valence-electron chi connectivity index (χ2n) is 6.36. The molecule has 0 aliphatic carbocycles. The van der Waals surface area contributed by atoms with Crippen LogP contribution in [0, 0.1) is 12.7 Å². The van der Waals surface area contributed by atoms with Crippen molar-refractivity contribution in [2.24, 2.45) is 0 Å². The zero-order chi connectivity index (χ0) is 22.1. The summed E-state index contributed by atoms with van der Waals surface area (Å²) < 4.78 is 54.5. The lowest BCUT2D eigenvalue weighted by molar-refractivity contribution is -0.141. The molecule has 2 aromatic heterocycles. The van der Waals surface area contributed by atoms with Crippen LogP contribution in [0.4, 0.5) is 23.2 Å². The topological polar surface area (TPSA) is 85.0 Å². The molecular weight excluding hydrogens is 430 g/mol. The minimum absolute atomic E-state index is 0.0559. The van der Waals surface area contributed by atoms with Crippen LogP contribution in [0.1, 0.15) is 23.9 Å². The van der Waals surface area contributed by atoms with Crippen molar-refractivity contribution in [3.63, 3.8) is 0 Å². The number of aromatic nitrogens is 4. The number of alkyl halides is 3. The monoisotopic (exact) mass is 445 g/mol. The number of nitrogens with zero attached hydrogens (tertiary/aromatic N) is 4. The van der Waals surface area contributed by atoms with Gasteiger partial charge in [-0.15, -0.1) is 0 Å². The lowest BCUT2D eigenvalue weighted by Gasteiger charge is -2.17. The number of anilines is 1. The minimum Gasteiger partial charge on any atom is -0.396 e. The Balaban J connectivity index is 1.84. The van der Waals surface area contributed by atoms with Gasteiger partial charge in [0.05, 0.1) is 34.5 Å². The van der Waals surface area contributed by atoms with E-state index in [0.29, 0.717) is 5.69 Å². The largest absolute Gasteiger partial charge is 0.436 e. The van der Waals surface area contributed by atoms with Crippen molar-refractivity contribution in [3.8, 4) is 5.69 Å². The number of hydrogen-bond acceptors (Lipinski definition) is 4. The predicted molar refractivity (Wildman–Crippen MR) is 99.9 cm³/mol. The van der Waals surface area contributed by atoms with E-state index in [1.54, 1.807) is 0 Å². The number of benzene rings is 1. The molecule has 160 valence electrons. The van der Waals surface area contributed by atoms with Crippen LogP contribution in [0.25, 0.3) is 5.69 Å². The Morgan fingerprint density at radius 2 is 1.97 bits per heavy atom. The molecule has 0 aliphatic rings. The third kappa shape index (κ3) is 4.46. The van der Waals surface area contributed by atoms with Crippen LogP contribution in [-0.4, -0.2) is 37.2 Å². The van der Waals surface area contributed by atoms with E-state index in [1.807, 2.05) is 0 Å². The van der Waals surface area contributed by atoms with Crippen molar-refractivity contribution in [1.82, 2.24) is 19.6 Å². The molecular formula is C18H16ClF4N5O2. The van der Waals surface area contributed by atoms with Crippen LogP contribution in [0.2, 0.25) is 5.02 Å². The van der Waals surface area contributed by atoms with Gasteiger partial charge in [0.2, 0.25) is 5.91 Å². The van der Waals surface area contributed by atoms with Gasteiger partial charge in [-0.2, -0.15) is 23.4 Å². The van der Waals surface area contributed by atoms with E-state index in [0.717, 1.165) is 4.68 Å². The number of halogens is 5. The number of nitrogens with one attached hydrogen (secondary N) is 1. The molecule has 1 aromatic carbocycles. The van der Waals surface area contributed by atoms with Gasteiger partial charge >= 0.3 is 6.18 Å². The van der Waals surface area contributed by atoms with Gasteiger partial charge in [0, 0.05) is 13.0 Å². The van der Waals surface area contributed by atoms with Gasteiger partial charge in [-0.1, -0.05) is 11.6 Å². The minimum atomic E-state index is -4.79. The molecule has 3 aromatic rings. The normalized spacial score (nSPS) is 12.8. The van der Waals surface area contributed by atoms with E-state index in [-0.39, 0.29) is 17.8 Å². The molecule has 0 saturated carbocycles. The Morgan fingerprint density at radius 3 is 2.53 bits per heavy atom. The van der Waals surface area contributed by atoms with Crippen molar-refractivity contribution in [1.29, 1.82) is 0 Å². The second-order valence-corrected chi connectivity index (χ2v) is 6.74. The van der Waals surface area contributed by atoms with Crippen LogP contribution < -0.4 is 5.32 Å². The third-order valence-corrected chi connectivity index (χ3v) is 4.74. The van der Waals surface area contributed by atoms with Crippen molar-refractivity contribution >= 4 is 23.2 Å². The summed E-state index contributed by atoms with van der Waals surface area (Å²) in [5, 5.41) is 18.7. The number of rotatable bonds is 6. The van der Waals surface area contributed by atoms with Gasteiger partial charge in [0.25, 0.3) is 0 Å². The molecule has 30 heavy (non-hydrogen) atoms. The fraction of sp³-hybridized carbons (Fsp3) is 0.278. The summed E-state index contributed by atoms with van der Waals surface area (Å²) in [4.78, 5) is 12.7. The Labute approximate surface area is 172 Å². The van der Waals surface area contributed by atoms with Crippen molar-refractivity contribution < 1.29 is 27.5 Å². The predicted octanol–water partition coefficient (Wildman–Crippen LogP) is 3.75. The number of aliphatic hydroxyl groups excluding tert-OH is 1. The van der Waals surface area contributed by atoms with E-state index in [1.165, 1.54) is 48.3 Å². The molecule has 1 unspecified atom stereocenters. The maximum atomic E-state index is 13.1. The quantitative estimate of drug-likeness (QED) is 0.566. The van der Waals surface area contributed by atoms with Crippen LogP contribution in [0.15, 0.2) is 36.7 Å². The Morgan fingerprint density at radius 1 is 1.30 bits per heavy atom. The van der Waals surface area contributed by atoms with Crippen molar-refractivity contribution in [2.45, 2.75) is 25.6 Å². The number of aliphatic hydroxyl groups is 1. The molecule has 0 bridgehead atoms. The van der Waals surface area contributed by atoms with Gasteiger partial charge < -0.3 is 10.4 Å². The molecule has 3 rings (SSSR count). The molecule has 2 N–H and O–H groups in total. The fourth-order valence-electron chi connectivity index (χ4n) is 2.82. The Hall–Kier alpha value is -2.92. The molecule has 7 nitrogen and oxygen atoms in total. The lowest BCUT2D eigenvalue weighted by atomic mass is 10.2. The molecule has 0 fully saturated rings. The fourth-order valence-corrected chi connectivity index (χ4v) is 3.05. The van der Waals surface area contributed by atoms with Gasteiger partial charge in [0.15, 0.2) is 5.69 Å². The Bertz CT molecular complexity index is 1050. The van der Waals surface area contributed by atoms with Crippen molar-refractivity contribution in [3.05, 3.63) is 58.9 Å². The molecule has 0 saturated heterocycles. The maximum absolute atomic E-state index is 13.1. The highest BCUT2D eigenvalue weighted by Gasteiger charge is 2.39. The van der Waals surface area contributed by atoms with Gasteiger partial charge in [-0.05, 0) is 31.2 Å². The number of carbonyl (C=O) groups is 1. The van der Waals surface area contributed by atoms with E-state index >= 15 is 0 Å². The standard InChI is InChI=1S/C18H16ClF4N5O2/c1-10-15(19)16(18(21,22)23)26-28(10)14(6-7-29)17(30)25-12-8-24-27(9-12)13-4-2-11(20)3-5-13/h2-5,8-9,14,29H,6-7H2,1H3,(H,25,30). The molecule has 1 atom stereocenters. The summed E-state index contributed by atoms with van der Waals surface area (Å²) in [7, 11) is 0. The summed E-state index contributed by atoms with van der Waals surface area (Å²) in [6.07, 6.45) is -2.20. The van der Waals surface area contributed by atoms with Gasteiger partial charge in [-0.25, -0.2) is 9.07 Å². The first-order valence-corrected chi connectivity index (χ1v) is 9.03. The zero-order valence-electron chi connectivity index (χ0n) is 15.5. The lowest BCUT2D eigenvalue weighted by Crippen LogP contribution is -2.28. The second kappa shape index (κ2) is 8.44. The molecule has 2 heterocycles. The highest BCUT2D eigenvalue weighted by atomic mass is 35.5. The smallest absolute Gasteiger partial charge is 0.396 e. The van der Waals surface area contributed by atoms with E-state index in [4.69, 9.17) is 11.6 Å². The summed E-state index contributed by atoms with van der Waals surface area (Å²) >= 11 is 5.75. The molecule has 0 aliphatic heterocycles. The maximum Gasteiger partial charge on any atom is 0.436 e. The number of amides is 1. The van der Waals surface area contributed by atoms with Crippen LogP contribution >= 0.6 is 11.6 Å². The van der Waals surface area contributed by atoms with Crippen molar-refractivity contribution in [2.75, 3.05) is 11.9 Å². The van der Waals surface area contributed by atoms with E-state index in [9.17, 15) is 27.5 Å². The molecule has 0 spiro atoms. The summed E-state index contributed by atoms with van der Waals surface area (Å²) in [5.41, 5.74) is -0.575. The third-order valence-electron chi connectivity index (χ3n) is 4.29. The average Bonchev–Trinajstić information content (AvgIpc) is 3.25. The zero-order valence-corrected chi connectivity index (χ0v) is 16.2. The highest BCUT2D eigenvalue weighted by Crippen LogP contribution is 2.36. The molecule has 0 radical (unpaired) electrons. The Kier molecular flexibility index (Phi) is 6.13. The van der Waals surface area contributed by atoms with Crippen LogP contribution in [0.3, 0.4) is 0 Å². The first kappa shape index (κ1) is 21.8. The first-order chi connectivity index (χ1) is 14.1. The van der Waals surface area contributed by atoms with Gasteiger partial charge in [0.1, 0.15) is 11.9 Å². The number of carbonyl (C=O) groups excluding carboxylic acids is 1. The molecule has 1 amide bonds. The highest BCUT2D eigenvalue weighted by molar-refractivity contribution is 6.32. The average molecular weight is 446 g/mol. The summed E-state index contributed by atoms with van der Waals surface area (Å²) in [6.45, 7) is 0.833. The molecule has 12 heteroatoms. The summed E-state index contributed by atoms with van der Waals surface area (Å²) in [5.74, 6) is -1.13. The van der Waals surface area contributed by atoms with E-state index < -0.39 is 41.3 Å². The van der Waals surface area contributed by atoms with Crippen LogP contribution in [0.5, 0.6) is 0 Å². The number of hydrogen-bond donors (Lipinski definition) is 2.